The Kier molecular flexibility index (Phi) is 4.42. The van der Waals surface area contributed by atoms with Gasteiger partial charge in [0.2, 0.25) is 5.91 Å². The highest BCUT2D eigenvalue weighted by atomic mass is 16.1. The minimum absolute atomic E-state index is 0.00325. The quantitative estimate of drug-likeness (QED) is 0.561. The third-order valence-corrected chi connectivity index (χ3v) is 4.22. The summed E-state index contributed by atoms with van der Waals surface area (Å²) < 4.78 is 1.95. The van der Waals surface area contributed by atoms with Crippen LogP contribution in [0.2, 0.25) is 0 Å². The Morgan fingerprint density at radius 3 is 2.96 bits per heavy atom. The third kappa shape index (κ3) is 3.32. The van der Waals surface area contributed by atoms with Crippen LogP contribution in [0.4, 0.5) is 0 Å². The summed E-state index contributed by atoms with van der Waals surface area (Å²) in [6.45, 7) is 0.417. The Labute approximate surface area is 150 Å². The zero-order valence-electron chi connectivity index (χ0n) is 14.1. The first-order valence-electron chi connectivity index (χ1n) is 8.42. The first-order valence-corrected chi connectivity index (χ1v) is 8.42. The molecule has 0 fully saturated rings. The van der Waals surface area contributed by atoms with Crippen LogP contribution in [0.25, 0.3) is 16.9 Å². The molecule has 0 saturated heterocycles. The summed E-state index contributed by atoms with van der Waals surface area (Å²) in [6.07, 6.45) is 8.12. The highest BCUT2D eigenvalue weighted by Gasteiger charge is 2.11. The van der Waals surface area contributed by atoms with Crippen LogP contribution in [0.1, 0.15) is 17.5 Å². The predicted molar refractivity (Wildman–Crippen MR) is 97.6 cm³/mol. The largest absolute Gasteiger partial charge is 0.352 e. The van der Waals surface area contributed by atoms with Crippen LogP contribution >= 0.6 is 0 Å². The second kappa shape index (κ2) is 7.18. The molecule has 0 aliphatic heterocycles. The van der Waals surface area contributed by atoms with E-state index in [1.165, 1.54) is 0 Å². The van der Waals surface area contributed by atoms with E-state index < -0.39 is 0 Å². The molecule has 0 aliphatic rings. The topological polar surface area (TPSA) is 88.5 Å². The van der Waals surface area contributed by atoms with Crippen molar-refractivity contribution in [3.8, 4) is 5.82 Å². The number of pyridine rings is 1. The van der Waals surface area contributed by atoms with Gasteiger partial charge in [0.15, 0.2) is 0 Å². The number of nitrogens with zero attached hydrogens (tertiary/aromatic N) is 4. The number of nitrogens with one attached hydrogen (secondary N) is 2. The predicted octanol–water partition coefficient (Wildman–Crippen LogP) is 2.39. The van der Waals surface area contributed by atoms with Crippen molar-refractivity contribution in [2.45, 2.75) is 19.4 Å². The Morgan fingerprint density at radius 1 is 1.15 bits per heavy atom. The van der Waals surface area contributed by atoms with Gasteiger partial charge in [0, 0.05) is 30.9 Å². The maximum Gasteiger partial charge on any atom is 0.220 e. The molecule has 7 nitrogen and oxygen atoms in total. The van der Waals surface area contributed by atoms with Gasteiger partial charge in [-0.2, -0.15) is 5.10 Å². The standard InChI is InChI=1S/C19H18N6O/c26-18(8-7-14-10-23-24-11-14)21-12-15-4-3-9-20-19(15)25-13-22-16-5-1-2-6-17(16)25/h1-6,9-11,13H,7-8,12H2,(H,21,26)(H,23,24). The van der Waals surface area contributed by atoms with Gasteiger partial charge in [-0.05, 0) is 30.2 Å². The number of aromatic nitrogens is 5. The van der Waals surface area contributed by atoms with Gasteiger partial charge in [-0.25, -0.2) is 9.97 Å². The van der Waals surface area contributed by atoms with Crippen LogP contribution in [0, 0.1) is 0 Å². The number of H-pyrrole nitrogens is 1. The molecule has 1 aromatic carbocycles. The molecule has 0 unspecified atom stereocenters. The van der Waals surface area contributed by atoms with Gasteiger partial charge >= 0.3 is 0 Å². The molecule has 7 heteroatoms. The third-order valence-electron chi connectivity index (χ3n) is 4.22. The van der Waals surface area contributed by atoms with Crippen LogP contribution < -0.4 is 5.32 Å². The Bertz CT molecular complexity index is 1020. The number of para-hydroxylation sites is 2. The lowest BCUT2D eigenvalue weighted by Crippen LogP contribution is -2.24. The average Bonchev–Trinajstić information content (AvgIpc) is 3.34. The summed E-state index contributed by atoms with van der Waals surface area (Å²) in [5.74, 6) is 0.771. The maximum atomic E-state index is 12.1. The molecular weight excluding hydrogens is 328 g/mol. The van der Waals surface area contributed by atoms with E-state index in [1.54, 1.807) is 24.9 Å². The molecule has 0 atom stereocenters. The number of carbonyl (C=O) groups excluding carboxylic acids is 1. The van der Waals surface area contributed by atoms with E-state index in [1.807, 2.05) is 41.0 Å². The second-order valence-electron chi connectivity index (χ2n) is 5.97. The van der Waals surface area contributed by atoms with Crippen LogP contribution in [-0.4, -0.2) is 30.6 Å². The monoisotopic (exact) mass is 346 g/mol. The number of hydrogen-bond donors (Lipinski definition) is 2. The molecule has 4 rings (SSSR count). The lowest BCUT2D eigenvalue weighted by Gasteiger charge is -2.11. The normalized spacial score (nSPS) is 10.9. The highest BCUT2D eigenvalue weighted by molar-refractivity contribution is 5.78. The number of aromatic amines is 1. The van der Waals surface area contributed by atoms with Crippen LogP contribution in [0.15, 0.2) is 61.3 Å². The average molecular weight is 346 g/mol. The zero-order valence-corrected chi connectivity index (χ0v) is 14.1. The van der Waals surface area contributed by atoms with Gasteiger partial charge in [0.1, 0.15) is 12.1 Å². The molecule has 2 N–H and O–H groups in total. The number of fused-ring (bicyclic) bond motifs is 1. The Hall–Kier alpha value is -3.48. The highest BCUT2D eigenvalue weighted by Crippen LogP contribution is 2.19. The minimum Gasteiger partial charge on any atom is -0.352 e. The molecule has 1 amide bonds. The summed E-state index contributed by atoms with van der Waals surface area (Å²) >= 11 is 0. The van der Waals surface area contributed by atoms with E-state index >= 15 is 0 Å². The van der Waals surface area contributed by atoms with Crippen molar-refractivity contribution >= 4 is 16.9 Å². The van der Waals surface area contributed by atoms with E-state index in [0.29, 0.717) is 19.4 Å². The number of rotatable bonds is 6. The van der Waals surface area contributed by atoms with E-state index in [9.17, 15) is 4.79 Å². The number of amides is 1. The van der Waals surface area contributed by atoms with Crippen molar-refractivity contribution < 1.29 is 4.79 Å². The Balaban J connectivity index is 1.48. The number of aryl methyl sites for hydroxylation is 1. The van der Waals surface area contributed by atoms with Gasteiger partial charge in [0.25, 0.3) is 0 Å². The summed E-state index contributed by atoms with van der Waals surface area (Å²) in [6, 6.07) is 11.7. The Morgan fingerprint density at radius 2 is 2.08 bits per heavy atom. The first-order chi connectivity index (χ1) is 12.8. The fourth-order valence-electron chi connectivity index (χ4n) is 2.87. The van der Waals surface area contributed by atoms with Crippen molar-refractivity contribution in [1.82, 2.24) is 30.0 Å². The fraction of sp³-hybridized carbons (Fsp3) is 0.158. The zero-order chi connectivity index (χ0) is 17.8. The van der Waals surface area contributed by atoms with Crippen molar-refractivity contribution in [3.05, 3.63) is 72.4 Å². The molecule has 0 aliphatic carbocycles. The fourth-order valence-corrected chi connectivity index (χ4v) is 2.87. The smallest absolute Gasteiger partial charge is 0.220 e. The number of imidazole rings is 1. The summed E-state index contributed by atoms with van der Waals surface area (Å²) in [4.78, 5) is 21.1. The second-order valence-corrected chi connectivity index (χ2v) is 5.97. The van der Waals surface area contributed by atoms with Crippen molar-refractivity contribution in [3.63, 3.8) is 0 Å². The summed E-state index contributed by atoms with van der Waals surface area (Å²) in [5, 5.41) is 9.60. The van der Waals surface area contributed by atoms with Gasteiger partial charge in [-0.3, -0.25) is 14.5 Å². The molecular formula is C19H18N6O. The van der Waals surface area contributed by atoms with Crippen molar-refractivity contribution in [1.29, 1.82) is 0 Å². The van der Waals surface area contributed by atoms with E-state index in [0.717, 1.165) is 28.0 Å². The maximum absolute atomic E-state index is 12.1. The van der Waals surface area contributed by atoms with Crippen LogP contribution in [-0.2, 0) is 17.8 Å². The number of benzene rings is 1. The van der Waals surface area contributed by atoms with Crippen LogP contribution in [0.5, 0.6) is 0 Å². The van der Waals surface area contributed by atoms with Crippen LogP contribution in [0.3, 0.4) is 0 Å². The molecule has 0 bridgehead atoms. The first kappa shape index (κ1) is 16.0. The van der Waals surface area contributed by atoms with Crippen molar-refractivity contribution in [2.24, 2.45) is 0 Å². The van der Waals surface area contributed by atoms with Gasteiger partial charge in [-0.1, -0.05) is 18.2 Å². The van der Waals surface area contributed by atoms with E-state index in [-0.39, 0.29) is 5.91 Å². The summed E-state index contributed by atoms with van der Waals surface area (Å²) in [7, 11) is 0. The lowest BCUT2D eigenvalue weighted by molar-refractivity contribution is -0.121. The lowest BCUT2D eigenvalue weighted by atomic mass is 10.2. The molecule has 130 valence electrons. The van der Waals surface area contributed by atoms with Gasteiger partial charge in [0.05, 0.1) is 17.2 Å². The molecule has 26 heavy (non-hydrogen) atoms. The van der Waals surface area contributed by atoms with E-state index in [4.69, 9.17) is 0 Å². The number of carbonyl (C=O) groups is 1. The molecule has 0 spiro atoms. The minimum atomic E-state index is -0.00325. The molecule has 4 aromatic rings. The molecule has 3 heterocycles. The van der Waals surface area contributed by atoms with Crippen molar-refractivity contribution in [2.75, 3.05) is 0 Å². The van der Waals surface area contributed by atoms with Gasteiger partial charge in [-0.15, -0.1) is 0 Å². The summed E-state index contributed by atoms with van der Waals surface area (Å²) in [5.41, 5.74) is 3.85. The van der Waals surface area contributed by atoms with Gasteiger partial charge < -0.3 is 5.32 Å². The molecule has 0 saturated carbocycles. The molecule has 0 radical (unpaired) electrons. The SMILES string of the molecule is O=C(CCc1cn[nH]c1)NCc1cccnc1-n1cnc2ccccc21. The number of hydrogen-bond acceptors (Lipinski definition) is 4. The molecule has 3 aromatic heterocycles. The van der Waals surface area contributed by atoms with E-state index in [2.05, 4.69) is 25.5 Å².